The summed E-state index contributed by atoms with van der Waals surface area (Å²) in [4.78, 5) is 2.47. The van der Waals surface area contributed by atoms with Gasteiger partial charge in [0.15, 0.2) is 0 Å². The highest BCUT2D eigenvalue weighted by molar-refractivity contribution is 5.51. The summed E-state index contributed by atoms with van der Waals surface area (Å²) in [6.45, 7) is 4.25. The van der Waals surface area contributed by atoms with Crippen molar-refractivity contribution in [3.8, 4) is 0 Å². The van der Waals surface area contributed by atoms with Crippen LogP contribution < -0.4 is 5.32 Å². The van der Waals surface area contributed by atoms with E-state index in [0.717, 1.165) is 44.6 Å². The summed E-state index contributed by atoms with van der Waals surface area (Å²) < 4.78 is 0. The number of likely N-dealkylation sites (tertiary alicyclic amines) is 1. The van der Waals surface area contributed by atoms with Crippen LogP contribution in [-0.4, -0.2) is 34.8 Å². The molecule has 1 aliphatic heterocycles. The molecule has 0 saturated carbocycles. The number of hydrogen-bond donors (Lipinski definition) is 3. The maximum atomic E-state index is 9.28. The number of nitrogens with one attached hydrogen (secondary N) is 1. The topological polar surface area (TPSA) is 55.7 Å². The maximum absolute atomic E-state index is 9.28. The predicted octanol–water partition coefficient (Wildman–Crippen LogP) is 3.00. The average molecular weight is 340 g/mol. The molecule has 1 fully saturated rings. The molecule has 2 aromatic carbocycles. The lowest BCUT2D eigenvalue weighted by molar-refractivity contribution is 0.127. The molecule has 1 aliphatic rings. The highest BCUT2D eigenvalue weighted by Crippen LogP contribution is 2.22. The van der Waals surface area contributed by atoms with Gasteiger partial charge in [0.25, 0.3) is 0 Å². The van der Waals surface area contributed by atoms with Crippen LogP contribution in [0.2, 0.25) is 0 Å². The summed E-state index contributed by atoms with van der Waals surface area (Å²) in [5.41, 5.74) is 4.64. The SMILES string of the molecule is OCc1ccc(CNc2ccccc2CN2CCC(CO)CC2)cc1. The van der Waals surface area contributed by atoms with Crippen molar-refractivity contribution in [3.05, 3.63) is 65.2 Å². The van der Waals surface area contributed by atoms with Gasteiger partial charge < -0.3 is 15.5 Å². The van der Waals surface area contributed by atoms with E-state index >= 15 is 0 Å². The molecule has 0 bridgehead atoms. The first-order valence-corrected chi connectivity index (χ1v) is 9.12. The highest BCUT2D eigenvalue weighted by Gasteiger charge is 2.19. The van der Waals surface area contributed by atoms with Crippen LogP contribution in [-0.2, 0) is 19.7 Å². The predicted molar refractivity (Wildman–Crippen MR) is 101 cm³/mol. The van der Waals surface area contributed by atoms with E-state index in [9.17, 15) is 5.11 Å². The number of hydrogen-bond acceptors (Lipinski definition) is 4. The third kappa shape index (κ3) is 5.05. The molecule has 0 aromatic heterocycles. The maximum Gasteiger partial charge on any atom is 0.0681 e. The van der Waals surface area contributed by atoms with Gasteiger partial charge in [-0.25, -0.2) is 0 Å². The molecule has 134 valence electrons. The molecule has 0 spiro atoms. The number of piperidine rings is 1. The fourth-order valence-corrected chi connectivity index (χ4v) is 3.36. The molecule has 0 aliphatic carbocycles. The highest BCUT2D eigenvalue weighted by atomic mass is 16.3. The first-order valence-electron chi connectivity index (χ1n) is 9.12. The van der Waals surface area contributed by atoms with E-state index in [0.29, 0.717) is 12.5 Å². The lowest BCUT2D eigenvalue weighted by Crippen LogP contribution is -2.34. The van der Waals surface area contributed by atoms with Crippen LogP contribution >= 0.6 is 0 Å². The van der Waals surface area contributed by atoms with Gasteiger partial charge in [-0.15, -0.1) is 0 Å². The van der Waals surface area contributed by atoms with Crippen molar-refractivity contribution in [2.75, 3.05) is 25.0 Å². The molecule has 0 amide bonds. The molecule has 1 heterocycles. The van der Waals surface area contributed by atoms with Gasteiger partial charge in [0.1, 0.15) is 0 Å². The van der Waals surface area contributed by atoms with Gasteiger partial charge in [-0.2, -0.15) is 0 Å². The van der Waals surface area contributed by atoms with Crippen molar-refractivity contribution in [2.24, 2.45) is 5.92 Å². The van der Waals surface area contributed by atoms with E-state index in [1.165, 1.54) is 16.8 Å². The normalized spacial score (nSPS) is 16.1. The molecule has 4 heteroatoms. The zero-order chi connectivity index (χ0) is 17.5. The Morgan fingerprint density at radius 3 is 2.28 bits per heavy atom. The van der Waals surface area contributed by atoms with Gasteiger partial charge in [0.2, 0.25) is 0 Å². The second kappa shape index (κ2) is 8.99. The minimum Gasteiger partial charge on any atom is -0.396 e. The van der Waals surface area contributed by atoms with Crippen molar-refractivity contribution >= 4 is 5.69 Å². The Morgan fingerprint density at radius 2 is 1.60 bits per heavy atom. The van der Waals surface area contributed by atoms with E-state index in [2.05, 4.69) is 46.6 Å². The lowest BCUT2D eigenvalue weighted by Gasteiger charge is -2.31. The Morgan fingerprint density at radius 1 is 0.920 bits per heavy atom. The van der Waals surface area contributed by atoms with Gasteiger partial charge in [0, 0.05) is 25.4 Å². The molecule has 2 aromatic rings. The molecule has 0 radical (unpaired) electrons. The summed E-state index contributed by atoms with van der Waals surface area (Å²) in [6, 6.07) is 16.5. The van der Waals surface area contributed by atoms with Crippen molar-refractivity contribution in [1.82, 2.24) is 4.90 Å². The van der Waals surface area contributed by atoms with Gasteiger partial charge >= 0.3 is 0 Å². The van der Waals surface area contributed by atoms with Crippen LogP contribution in [0.5, 0.6) is 0 Å². The van der Waals surface area contributed by atoms with Gasteiger partial charge in [-0.05, 0) is 54.6 Å². The first kappa shape index (κ1) is 17.9. The third-order valence-electron chi connectivity index (χ3n) is 5.07. The van der Waals surface area contributed by atoms with Crippen molar-refractivity contribution in [2.45, 2.75) is 32.5 Å². The van der Waals surface area contributed by atoms with Crippen LogP contribution in [0.15, 0.2) is 48.5 Å². The Kier molecular flexibility index (Phi) is 6.45. The average Bonchev–Trinajstić information content (AvgIpc) is 2.68. The number of benzene rings is 2. The van der Waals surface area contributed by atoms with Crippen LogP contribution in [0, 0.1) is 5.92 Å². The summed E-state index contributed by atoms with van der Waals surface area (Å²) in [6.07, 6.45) is 2.17. The molecular formula is C21H28N2O2. The summed E-state index contributed by atoms with van der Waals surface area (Å²) in [5, 5.41) is 22.0. The summed E-state index contributed by atoms with van der Waals surface area (Å²) in [7, 11) is 0. The molecule has 4 nitrogen and oxygen atoms in total. The molecule has 1 saturated heterocycles. The fourth-order valence-electron chi connectivity index (χ4n) is 3.36. The Bertz CT molecular complexity index is 649. The zero-order valence-electron chi connectivity index (χ0n) is 14.7. The number of aliphatic hydroxyl groups is 2. The fraction of sp³-hybridized carbons (Fsp3) is 0.429. The van der Waals surface area contributed by atoms with E-state index in [-0.39, 0.29) is 6.61 Å². The van der Waals surface area contributed by atoms with E-state index in [1.807, 2.05) is 12.1 Å². The van der Waals surface area contributed by atoms with Crippen molar-refractivity contribution in [3.63, 3.8) is 0 Å². The third-order valence-corrected chi connectivity index (χ3v) is 5.07. The van der Waals surface area contributed by atoms with Gasteiger partial charge in [-0.1, -0.05) is 42.5 Å². The molecule has 0 atom stereocenters. The molecule has 25 heavy (non-hydrogen) atoms. The Labute approximate surface area is 150 Å². The number of anilines is 1. The first-order chi connectivity index (χ1) is 12.3. The van der Waals surface area contributed by atoms with Crippen molar-refractivity contribution < 1.29 is 10.2 Å². The van der Waals surface area contributed by atoms with E-state index < -0.39 is 0 Å². The molecule has 3 rings (SSSR count). The van der Waals surface area contributed by atoms with Crippen LogP contribution in [0.3, 0.4) is 0 Å². The quantitative estimate of drug-likeness (QED) is 0.725. The summed E-state index contributed by atoms with van der Waals surface area (Å²) in [5.74, 6) is 0.478. The monoisotopic (exact) mass is 340 g/mol. The zero-order valence-corrected chi connectivity index (χ0v) is 14.7. The number of nitrogens with zero attached hydrogens (tertiary/aromatic N) is 1. The van der Waals surface area contributed by atoms with Gasteiger partial charge in [-0.3, -0.25) is 4.90 Å². The minimum atomic E-state index is 0.0868. The largest absolute Gasteiger partial charge is 0.396 e. The minimum absolute atomic E-state index is 0.0868. The van der Waals surface area contributed by atoms with E-state index in [4.69, 9.17) is 5.11 Å². The molecule has 0 unspecified atom stereocenters. The van der Waals surface area contributed by atoms with Crippen LogP contribution in [0.25, 0.3) is 0 Å². The standard InChI is InChI=1S/C21H28N2O2/c24-15-18-7-5-17(6-8-18)13-22-21-4-2-1-3-20(21)14-23-11-9-19(16-25)10-12-23/h1-8,19,22,24-25H,9-16H2. The number of rotatable bonds is 7. The number of aliphatic hydroxyl groups excluding tert-OH is 2. The number of para-hydroxylation sites is 1. The second-order valence-electron chi connectivity index (χ2n) is 6.89. The Hall–Kier alpha value is -1.88. The van der Waals surface area contributed by atoms with E-state index in [1.54, 1.807) is 0 Å². The smallest absolute Gasteiger partial charge is 0.0681 e. The van der Waals surface area contributed by atoms with Crippen LogP contribution in [0.4, 0.5) is 5.69 Å². The summed E-state index contributed by atoms with van der Waals surface area (Å²) >= 11 is 0. The lowest BCUT2D eigenvalue weighted by atomic mass is 9.97. The van der Waals surface area contributed by atoms with Gasteiger partial charge in [0.05, 0.1) is 6.61 Å². The molecular weight excluding hydrogens is 312 g/mol. The second-order valence-corrected chi connectivity index (χ2v) is 6.89. The molecule has 3 N–H and O–H groups in total. The van der Waals surface area contributed by atoms with Crippen molar-refractivity contribution in [1.29, 1.82) is 0 Å². The van der Waals surface area contributed by atoms with Crippen LogP contribution in [0.1, 0.15) is 29.5 Å². The Balaban J connectivity index is 1.58.